The van der Waals surface area contributed by atoms with Crippen molar-refractivity contribution in [1.29, 1.82) is 0 Å². The first kappa shape index (κ1) is 16.6. The topological polar surface area (TPSA) is 63.7 Å². The Labute approximate surface area is 136 Å². The van der Waals surface area contributed by atoms with Crippen molar-refractivity contribution >= 4 is 11.7 Å². The second kappa shape index (κ2) is 7.49. The van der Waals surface area contributed by atoms with Gasteiger partial charge in [0, 0.05) is 25.5 Å². The standard InChI is InChI=1S/C17H21N3O3/c1-12(13-6-5-9-18-11-13)20(2)17(21)19-15-10-14(22-3)7-8-16(15)23-4/h5-12H,1-4H3,(H,19,21). The van der Waals surface area contributed by atoms with Crippen LogP contribution in [-0.2, 0) is 0 Å². The van der Waals surface area contributed by atoms with Gasteiger partial charge in [-0.25, -0.2) is 4.79 Å². The zero-order valence-electron chi connectivity index (χ0n) is 13.7. The van der Waals surface area contributed by atoms with Crippen molar-refractivity contribution in [2.24, 2.45) is 0 Å². The molecule has 0 saturated carbocycles. The molecule has 0 bridgehead atoms. The van der Waals surface area contributed by atoms with E-state index >= 15 is 0 Å². The average Bonchev–Trinajstić information content (AvgIpc) is 2.61. The van der Waals surface area contributed by atoms with E-state index in [-0.39, 0.29) is 12.1 Å². The van der Waals surface area contributed by atoms with Crippen LogP contribution in [0.2, 0.25) is 0 Å². The highest BCUT2D eigenvalue weighted by atomic mass is 16.5. The molecule has 2 rings (SSSR count). The molecule has 1 heterocycles. The van der Waals surface area contributed by atoms with Crippen LogP contribution in [0.15, 0.2) is 42.7 Å². The molecule has 0 aliphatic carbocycles. The van der Waals surface area contributed by atoms with E-state index in [1.807, 2.05) is 19.1 Å². The van der Waals surface area contributed by atoms with Gasteiger partial charge in [0.15, 0.2) is 0 Å². The molecule has 0 aliphatic rings. The lowest BCUT2D eigenvalue weighted by Crippen LogP contribution is -2.33. The number of nitrogens with zero attached hydrogens (tertiary/aromatic N) is 2. The lowest BCUT2D eigenvalue weighted by Gasteiger charge is -2.25. The van der Waals surface area contributed by atoms with Crippen LogP contribution in [0, 0.1) is 0 Å². The van der Waals surface area contributed by atoms with Crippen LogP contribution >= 0.6 is 0 Å². The number of hydrogen-bond donors (Lipinski definition) is 1. The van der Waals surface area contributed by atoms with Crippen molar-refractivity contribution in [1.82, 2.24) is 9.88 Å². The van der Waals surface area contributed by atoms with Gasteiger partial charge in [0.2, 0.25) is 0 Å². The van der Waals surface area contributed by atoms with E-state index in [0.29, 0.717) is 17.2 Å². The number of carbonyl (C=O) groups is 1. The van der Waals surface area contributed by atoms with E-state index in [0.717, 1.165) is 5.56 Å². The zero-order valence-corrected chi connectivity index (χ0v) is 13.7. The molecule has 2 aromatic rings. The van der Waals surface area contributed by atoms with E-state index in [2.05, 4.69) is 10.3 Å². The summed E-state index contributed by atoms with van der Waals surface area (Å²) in [5.41, 5.74) is 1.52. The van der Waals surface area contributed by atoms with Gasteiger partial charge in [-0.3, -0.25) is 4.98 Å². The number of nitrogens with one attached hydrogen (secondary N) is 1. The third-order valence-electron chi connectivity index (χ3n) is 3.72. The largest absolute Gasteiger partial charge is 0.497 e. The third-order valence-corrected chi connectivity index (χ3v) is 3.72. The Morgan fingerprint density at radius 2 is 2.04 bits per heavy atom. The molecule has 0 saturated heterocycles. The summed E-state index contributed by atoms with van der Waals surface area (Å²) in [7, 11) is 4.86. The first-order valence-corrected chi connectivity index (χ1v) is 7.22. The normalized spacial score (nSPS) is 11.5. The smallest absolute Gasteiger partial charge is 0.322 e. The maximum atomic E-state index is 12.5. The van der Waals surface area contributed by atoms with Gasteiger partial charge in [0.25, 0.3) is 0 Å². The molecule has 1 unspecified atom stereocenters. The molecule has 6 heteroatoms. The van der Waals surface area contributed by atoms with Crippen molar-refractivity contribution in [3.63, 3.8) is 0 Å². The minimum Gasteiger partial charge on any atom is -0.497 e. The number of benzene rings is 1. The number of amides is 2. The van der Waals surface area contributed by atoms with Crippen LogP contribution in [0.25, 0.3) is 0 Å². The minimum absolute atomic E-state index is 0.111. The third kappa shape index (κ3) is 3.91. The SMILES string of the molecule is COc1ccc(OC)c(NC(=O)N(C)C(C)c2cccnc2)c1. The van der Waals surface area contributed by atoms with Gasteiger partial charge in [-0.15, -0.1) is 0 Å². The molecular weight excluding hydrogens is 294 g/mol. The summed E-state index contributed by atoms with van der Waals surface area (Å²) in [6.07, 6.45) is 3.46. The van der Waals surface area contributed by atoms with Crippen molar-refractivity contribution in [2.45, 2.75) is 13.0 Å². The van der Waals surface area contributed by atoms with Crippen LogP contribution < -0.4 is 14.8 Å². The maximum Gasteiger partial charge on any atom is 0.322 e. The second-order valence-corrected chi connectivity index (χ2v) is 5.07. The van der Waals surface area contributed by atoms with Crippen molar-refractivity contribution in [2.75, 3.05) is 26.6 Å². The summed E-state index contributed by atoms with van der Waals surface area (Å²) in [6.45, 7) is 1.94. The number of urea groups is 1. The number of anilines is 1. The van der Waals surface area contributed by atoms with Gasteiger partial charge in [-0.1, -0.05) is 6.07 Å². The van der Waals surface area contributed by atoms with Gasteiger partial charge in [-0.05, 0) is 30.7 Å². The lowest BCUT2D eigenvalue weighted by atomic mass is 10.1. The fraction of sp³-hybridized carbons (Fsp3) is 0.294. The molecule has 6 nitrogen and oxygen atoms in total. The number of methoxy groups -OCH3 is 2. The molecule has 0 fully saturated rings. The molecule has 122 valence electrons. The lowest BCUT2D eigenvalue weighted by molar-refractivity contribution is 0.208. The Balaban J connectivity index is 2.15. The summed E-state index contributed by atoms with van der Waals surface area (Å²) in [6, 6.07) is 8.68. The number of ether oxygens (including phenoxy) is 2. The molecule has 23 heavy (non-hydrogen) atoms. The van der Waals surface area contributed by atoms with Crippen LogP contribution in [-0.4, -0.2) is 37.2 Å². The number of hydrogen-bond acceptors (Lipinski definition) is 4. The highest BCUT2D eigenvalue weighted by molar-refractivity contribution is 5.91. The Hall–Kier alpha value is -2.76. The van der Waals surface area contributed by atoms with Crippen LogP contribution in [0.1, 0.15) is 18.5 Å². The molecule has 1 atom stereocenters. The number of carbonyl (C=O) groups excluding carboxylic acids is 1. The summed E-state index contributed by atoms with van der Waals surface area (Å²) in [4.78, 5) is 18.2. The van der Waals surface area contributed by atoms with Crippen molar-refractivity contribution < 1.29 is 14.3 Å². The molecule has 0 spiro atoms. The fourth-order valence-corrected chi connectivity index (χ4v) is 2.14. The van der Waals surface area contributed by atoms with Crippen molar-refractivity contribution in [3.8, 4) is 11.5 Å². The minimum atomic E-state index is -0.243. The van der Waals surface area contributed by atoms with E-state index in [9.17, 15) is 4.79 Å². The summed E-state index contributed by atoms with van der Waals surface area (Å²) in [5, 5.41) is 2.85. The summed E-state index contributed by atoms with van der Waals surface area (Å²) >= 11 is 0. The predicted molar refractivity (Wildman–Crippen MR) is 89.0 cm³/mol. The first-order chi connectivity index (χ1) is 11.1. The van der Waals surface area contributed by atoms with Gasteiger partial charge < -0.3 is 19.7 Å². The van der Waals surface area contributed by atoms with Crippen molar-refractivity contribution in [3.05, 3.63) is 48.3 Å². The molecule has 1 aromatic carbocycles. The van der Waals surface area contributed by atoms with Crippen LogP contribution in [0.4, 0.5) is 10.5 Å². The molecule has 0 aliphatic heterocycles. The van der Waals surface area contributed by atoms with Crippen LogP contribution in [0.3, 0.4) is 0 Å². The Kier molecular flexibility index (Phi) is 5.41. The Bertz CT molecular complexity index is 661. The van der Waals surface area contributed by atoms with Gasteiger partial charge >= 0.3 is 6.03 Å². The van der Waals surface area contributed by atoms with Crippen LogP contribution in [0.5, 0.6) is 11.5 Å². The highest BCUT2D eigenvalue weighted by Crippen LogP contribution is 2.29. The van der Waals surface area contributed by atoms with Gasteiger partial charge in [0.05, 0.1) is 25.9 Å². The maximum absolute atomic E-state index is 12.5. The quantitative estimate of drug-likeness (QED) is 0.919. The Morgan fingerprint density at radius 1 is 1.26 bits per heavy atom. The molecule has 0 radical (unpaired) electrons. The Morgan fingerprint density at radius 3 is 2.65 bits per heavy atom. The number of rotatable bonds is 5. The monoisotopic (exact) mass is 315 g/mol. The van der Waals surface area contributed by atoms with Gasteiger partial charge in [-0.2, -0.15) is 0 Å². The molecular formula is C17H21N3O3. The van der Waals surface area contributed by atoms with E-state index in [1.165, 1.54) is 0 Å². The zero-order chi connectivity index (χ0) is 16.8. The fourth-order valence-electron chi connectivity index (χ4n) is 2.14. The summed E-state index contributed by atoms with van der Waals surface area (Å²) in [5.74, 6) is 1.21. The predicted octanol–water partition coefficient (Wildman–Crippen LogP) is 3.32. The van der Waals surface area contributed by atoms with Gasteiger partial charge in [0.1, 0.15) is 11.5 Å². The first-order valence-electron chi connectivity index (χ1n) is 7.22. The van der Waals surface area contributed by atoms with E-state index in [4.69, 9.17) is 9.47 Å². The average molecular weight is 315 g/mol. The molecule has 1 N–H and O–H groups in total. The second-order valence-electron chi connectivity index (χ2n) is 5.07. The van der Waals surface area contributed by atoms with E-state index in [1.54, 1.807) is 56.8 Å². The highest BCUT2D eigenvalue weighted by Gasteiger charge is 2.19. The number of pyridine rings is 1. The van der Waals surface area contributed by atoms with E-state index < -0.39 is 0 Å². The number of aromatic nitrogens is 1. The molecule has 2 amide bonds. The summed E-state index contributed by atoms with van der Waals surface area (Å²) < 4.78 is 10.5. The molecule has 1 aromatic heterocycles.